The molecule has 0 amide bonds. The van der Waals surface area contributed by atoms with E-state index >= 15 is 0 Å². The van der Waals surface area contributed by atoms with Gasteiger partial charge in [0.05, 0.1) is 6.42 Å². The molecule has 1 aromatic carbocycles. The third-order valence-corrected chi connectivity index (χ3v) is 5.90. The molecule has 2 fully saturated rings. The fourth-order valence-electron chi connectivity index (χ4n) is 3.54. The van der Waals surface area contributed by atoms with Crippen molar-refractivity contribution in [3.05, 3.63) is 45.2 Å². The van der Waals surface area contributed by atoms with Crippen molar-refractivity contribution < 1.29 is 13.9 Å². The Morgan fingerprint density at radius 2 is 2.15 bits per heavy atom. The Kier molecular flexibility index (Phi) is 5.11. The van der Waals surface area contributed by atoms with Crippen LogP contribution in [-0.2, 0) is 11.2 Å². The molecular formula is C19H22FN3O2S. The fourth-order valence-corrected chi connectivity index (χ4v) is 4.25. The fraction of sp³-hybridized carbons (Fsp3) is 0.526. The lowest BCUT2D eigenvalue weighted by Crippen LogP contribution is -2.36. The topological polar surface area (TPSA) is 64.1 Å². The van der Waals surface area contributed by atoms with Gasteiger partial charge in [0, 0.05) is 36.8 Å². The van der Waals surface area contributed by atoms with Gasteiger partial charge in [-0.2, -0.15) is 0 Å². The van der Waals surface area contributed by atoms with Crippen LogP contribution in [0.3, 0.4) is 0 Å². The molecule has 26 heavy (non-hydrogen) atoms. The molecule has 4 rings (SSSR count). The quantitative estimate of drug-likeness (QED) is 0.787. The van der Waals surface area contributed by atoms with Crippen LogP contribution < -0.4 is 5.32 Å². The second-order valence-electron chi connectivity index (χ2n) is 7.05. The van der Waals surface area contributed by atoms with E-state index in [1.165, 1.54) is 17.4 Å². The monoisotopic (exact) mass is 375 g/mol. The maximum Gasteiger partial charge on any atom is 0.169 e. The van der Waals surface area contributed by atoms with Gasteiger partial charge in [0.2, 0.25) is 0 Å². The molecule has 1 aliphatic heterocycles. The third-order valence-electron chi connectivity index (χ3n) is 5.06. The summed E-state index contributed by atoms with van der Waals surface area (Å²) in [6.45, 7) is 3.44. The molecule has 1 aliphatic carbocycles. The van der Waals surface area contributed by atoms with Crippen molar-refractivity contribution in [2.75, 3.05) is 13.2 Å². The standard InChI is InChI=1S/C19H22FN3O2S/c1-11-22-23-19(26-11)10-18(24)12-2-3-16(20)14(8-12)15-9-17(15)21-13-4-6-25-7-5-13/h2-3,8,13,15,17,21H,4-7,9-10H2,1H3. The lowest BCUT2D eigenvalue weighted by atomic mass is 10.0. The lowest BCUT2D eigenvalue weighted by Gasteiger charge is -2.23. The number of ether oxygens (including phenoxy) is 1. The minimum absolute atomic E-state index is 0.0445. The Labute approximate surface area is 156 Å². The van der Waals surface area contributed by atoms with Crippen LogP contribution in [0.15, 0.2) is 18.2 Å². The number of ketones is 1. The molecule has 1 saturated heterocycles. The van der Waals surface area contributed by atoms with Crippen molar-refractivity contribution in [3.63, 3.8) is 0 Å². The molecule has 2 atom stereocenters. The number of carbonyl (C=O) groups is 1. The van der Waals surface area contributed by atoms with E-state index in [-0.39, 0.29) is 23.9 Å². The molecule has 0 bridgehead atoms. The van der Waals surface area contributed by atoms with Crippen LogP contribution in [0, 0.1) is 12.7 Å². The van der Waals surface area contributed by atoms with Crippen LogP contribution in [-0.4, -0.2) is 41.3 Å². The molecule has 5 nitrogen and oxygen atoms in total. The van der Waals surface area contributed by atoms with Gasteiger partial charge in [-0.15, -0.1) is 21.5 Å². The number of carbonyl (C=O) groups excluding carboxylic acids is 1. The predicted octanol–water partition coefficient (Wildman–Crippen LogP) is 3.04. The number of benzene rings is 1. The zero-order valence-corrected chi connectivity index (χ0v) is 15.5. The van der Waals surface area contributed by atoms with Crippen LogP contribution >= 0.6 is 11.3 Å². The van der Waals surface area contributed by atoms with Gasteiger partial charge in [-0.05, 0) is 49.9 Å². The van der Waals surface area contributed by atoms with Gasteiger partial charge in [0.1, 0.15) is 15.8 Å². The van der Waals surface area contributed by atoms with E-state index in [0.717, 1.165) is 37.5 Å². The summed E-state index contributed by atoms with van der Waals surface area (Å²) in [5, 5.41) is 13.1. The summed E-state index contributed by atoms with van der Waals surface area (Å²) in [6.07, 6.45) is 3.14. The first-order valence-corrected chi connectivity index (χ1v) is 9.87. The van der Waals surface area contributed by atoms with Crippen molar-refractivity contribution in [3.8, 4) is 0 Å². The first-order valence-electron chi connectivity index (χ1n) is 9.05. The van der Waals surface area contributed by atoms with Crippen molar-refractivity contribution in [2.24, 2.45) is 0 Å². The molecule has 2 unspecified atom stereocenters. The molecule has 7 heteroatoms. The second kappa shape index (κ2) is 7.50. The van der Waals surface area contributed by atoms with Crippen molar-refractivity contribution in [2.45, 2.75) is 50.6 Å². The Morgan fingerprint density at radius 1 is 1.35 bits per heavy atom. The van der Waals surface area contributed by atoms with E-state index in [1.54, 1.807) is 12.1 Å². The molecule has 2 heterocycles. The third kappa shape index (κ3) is 4.00. The zero-order valence-electron chi connectivity index (χ0n) is 14.7. The van der Waals surface area contributed by atoms with Gasteiger partial charge in [-0.1, -0.05) is 0 Å². The van der Waals surface area contributed by atoms with Gasteiger partial charge in [0.25, 0.3) is 0 Å². The van der Waals surface area contributed by atoms with Gasteiger partial charge < -0.3 is 10.1 Å². The highest BCUT2D eigenvalue weighted by atomic mass is 32.1. The van der Waals surface area contributed by atoms with E-state index in [0.29, 0.717) is 28.2 Å². The Morgan fingerprint density at radius 3 is 2.88 bits per heavy atom. The minimum atomic E-state index is -0.227. The van der Waals surface area contributed by atoms with Crippen LogP contribution in [0.5, 0.6) is 0 Å². The summed E-state index contributed by atoms with van der Waals surface area (Å²) in [7, 11) is 0. The molecule has 2 aromatic rings. The smallest absolute Gasteiger partial charge is 0.169 e. The highest BCUT2D eigenvalue weighted by molar-refractivity contribution is 7.11. The number of aromatic nitrogens is 2. The SMILES string of the molecule is Cc1nnc(CC(=O)c2ccc(F)c(C3CC3NC3CCOCC3)c2)s1. The average molecular weight is 375 g/mol. The summed E-state index contributed by atoms with van der Waals surface area (Å²) in [4.78, 5) is 12.5. The average Bonchev–Trinajstić information content (AvgIpc) is 3.27. The maximum atomic E-state index is 14.3. The second-order valence-corrected chi connectivity index (χ2v) is 8.32. The summed E-state index contributed by atoms with van der Waals surface area (Å²) < 4.78 is 19.7. The van der Waals surface area contributed by atoms with Crippen molar-refractivity contribution >= 4 is 17.1 Å². The van der Waals surface area contributed by atoms with Gasteiger partial charge in [-0.25, -0.2) is 4.39 Å². The van der Waals surface area contributed by atoms with Gasteiger partial charge >= 0.3 is 0 Å². The molecule has 0 radical (unpaired) electrons. The molecule has 1 N–H and O–H groups in total. The molecule has 2 aliphatic rings. The number of hydrogen-bond donors (Lipinski definition) is 1. The van der Waals surface area contributed by atoms with E-state index < -0.39 is 0 Å². The predicted molar refractivity (Wildman–Crippen MR) is 97.2 cm³/mol. The number of Topliss-reactive ketones (excluding diaryl/α,β-unsaturated/α-hetero) is 1. The number of hydrogen-bond acceptors (Lipinski definition) is 6. The zero-order chi connectivity index (χ0) is 18.1. The highest BCUT2D eigenvalue weighted by Crippen LogP contribution is 2.43. The minimum Gasteiger partial charge on any atom is -0.381 e. The summed E-state index contributed by atoms with van der Waals surface area (Å²) in [5.41, 5.74) is 1.19. The first-order chi connectivity index (χ1) is 12.6. The van der Waals surface area contributed by atoms with E-state index in [9.17, 15) is 9.18 Å². The normalized spacial score (nSPS) is 23.2. The maximum absolute atomic E-state index is 14.3. The van der Waals surface area contributed by atoms with Crippen molar-refractivity contribution in [1.82, 2.24) is 15.5 Å². The summed E-state index contributed by atoms with van der Waals surface area (Å²) in [6, 6.07) is 5.45. The lowest BCUT2D eigenvalue weighted by molar-refractivity contribution is 0.0774. The number of halogens is 1. The number of nitrogens with one attached hydrogen (secondary N) is 1. The summed E-state index contributed by atoms with van der Waals surface area (Å²) in [5.74, 6) is -0.124. The Balaban J connectivity index is 1.42. The number of nitrogens with zero attached hydrogens (tertiary/aromatic N) is 2. The molecule has 1 aromatic heterocycles. The van der Waals surface area contributed by atoms with Crippen molar-refractivity contribution in [1.29, 1.82) is 0 Å². The van der Waals surface area contributed by atoms with Gasteiger partial charge in [0.15, 0.2) is 5.78 Å². The van der Waals surface area contributed by atoms with E-state index in [2.05, 4.69) is 15.5 Å². The Bertz CT molecular complexity index is 804. The van der Waals surface area contributed by atoms with Crippen LogP contribution in [0.4, 0.5) is 4.39 Å². The van der Waals surface area contributed by atoms with Gasteiger partial charge in [-0.3, -0.25) is 4.79 Å². The highest BCUT2D eigenvalue weighted by Gasteiger charge is 2.41. The Hall–Kier alpha value is -1.70. The molecule has 138 valence electrons. The van der Waals surface area contributed by atoms with Crippen LogP contribution in [0.2, 0.25) is 0 Å². The number of rotatable bonds is 6. The number of aryl methyl sites for hydroxylation is 1. The van der Waals surface area contributed by atoms with Crippen LogP contribution in [0.1, 0.15) is 51.1 Å². The largest absolute Gasteiger partial charge is 0.381 e. The van der Waals surface area contributed by atoms with Crippen LogP contribution in [0.25, 0.3) is 0 Å². The molecule has 0 spiro atoms. The van der Waals surface area contributed by atoms with E-state index in [1.807, 2.05) is 6.92 Å². The summed E-state index contributed by atoms with van der Waals surface area (Å²) >= 11 is 1.42. The molecular weight excluding hydrogens is 353 g/mol. The van der Waals surface area contributed by atoms with E-state index in [4.69, 9.17) is 4.74 Å². The first kappa shape index (κ1) is 17.7. The molecule has 1 saturated carbocycles.